The van der Waals surface area contributed by atoms with Crippen LogP contribution in [0.1, 0.15) is 19.8 Å². The van der Waals surface area contributed by atoms with E-state index in [0.29, 0.717) is 5.92 Å². The zero-order chi connectivity index (χ0) is 14.1. The maximum atomic E-state index is 9.79. The number of fused-ring (bicyclic) bond motifs is 1. The average Bonchev–Trinajstić information content (AvgIpc) is 2.47. The van der Waals surface area contributed by atoms with E-state index in [0.717, 1.165) is 47.1 Å². The van der Waals surface area contributed by atoms with Gasteiger partial charge in [-0.25, -0.2) is 4.98 Å². The second-order valence-electron chi connectivity index (χ2n) is 5.60. The van der Waals surface area contributed by atoms with Crippen LogP contribution in [0.4, 0.5) is 5.82 Å². The van der Waals surface area contributed by atoms with E-state index in [1.165, 1.54) is 0 Å². The molecule has 1 fully saturated rings. The molecule has 3 rings (SSSR count). The number of hydrogen-bond donors (Lipinski definition) is 1. The van der Waals surface area contributed by atoms with Gasteiger partial charge in [0.05, 0.1) is 11.6 Å². The van der Waals surface area contributed by atoms with Crippen molar-refractivity contribution in [1.82, 2.24) is 4.98 Å². The third-order valence-electron chi connectivity index (χ3n) is 4.10. The second kappa shape index (κ2) is 5.70. The lowest BCUT2D eigenvalue weighted by Crippen LogP contribution is -2.39. The molecule has 0 aliphatic carbocycles. The standard InChI is InChI=1S/C16H19BrN2O/c1-11(20)13-3-2-8-19(10-13)16-7-4-12-9-14(17)5-6-15(12)18-16/h4-7,9,11,13,20H,2-3,8,10H2,1H3. The second-order valence-corrected chi connectivity index (χ2v) is 6.51. The molecule has 0 amide bonds. The molecular weight excluding hydrogens is 316 g/mol. The number of aromatic nitrogens is 1. The van der Waals surface area contributed by atoms with Crippen LogP contribution in [0.2, 0.25) is 0 Å². The largest absolute Gasteiger partial charge is 0.393 e. The van der Waals surface area contributed by atoms with Crippen molar-refractivity contribution in [2.24, 2.45) is 5.92 Å². The Morgan fingerprint density at radius 2 is 2.20 bits per heavy atom. The van der Waals surface area contributed by atoms with Crippen LogP contribution < -0.4 is 4.90 Å². The first-order valence-electron chi connectivity index (χ1n) is 7.13. The number of rotatable bonds is 2. The first-order valence-corrected chi connectivity index (χ1v) is 7.92. The molecule has 2 unspecified atom stereocenters. The van der Waals surface area contributed by atoms with Crippen molar-refractivity contribution in [1.29, 1.82) is 0 Å². The molecule has 2 aromatic rings. The Morgan fingerprint density at radius 1 is 1.35 bits per heavy atom. The number of hydrogen-bond acceptors (Lipinski definition) is 3. The number of halogens is 1. The predicted molar refractivity (Wildman–Crippen MR) is 86.1 cm³/mol. The zero-order valence-electron chi connectivity index (χ0n) is 11.6. The molecular formula is C16H19BrN2O. The van der Waals surface area contributed by atoms with Crippen molar-refractivity contribution in [3.63, 3.8) is 0 Å². The van der Waals surface area contributed by atoms with Gasteiger partial charge in [-0.3, -0.25) is 0 Å². The number of anilines is 1. The van der Waals surface area contributed by atoms with Crippen LogP contribution in [0.3, 0.4) is 0 Å². The molecule has 20 heavy (non-hydrogen) atoms. The summed E-state index contributed by atoms with van der Waals surface area (Å²) in [4.78, 5) is 7.05. The summed E-state index contributed by atoms with van der Waals surface area (Å²) < 4.78 is 1.08. The maximum absolute atomic E-state index is 9.79. The summed E-state index contributed by atoms with van der Waals surface area (Å²) in [6, 6.07) is 10.3. The fourth-order valence-corrected chi connectivity index (χ4v) is 3.25. The van der Waals surface area contributed by atoms with E-state index in [4.69, 9.17) is 4.98 Å². The lowest BCUT2D eigenvalue weighted by atomic mass is 9.93. The molecule has 1 N–H and O–H groups in total. The van der Waals surface area contributed by atoms with Gasteiger partial charge in [-0.15, -0.1) is 0 Å². The molecule has 3 nitrogen and oxygen atoms in total. The lowest BCUT2D eigenvalue weighted by Gasteiger charge is -2.35. The van der Waals surface area contributed by atoms with Gasteiger partial charge in [-0.05, 0) is 50.1 Å². The van der Waals surface area contributed by atoms with Gasteiger partial charge < -0.3 is 10.0 Å². The van der Waals surface area contributed by atoms with Crippen molar-refractivity contribution in [2.75, 3.05) is 18.0 Å². The minimum Gasteiger partial charge on any atom is -0.393 e. The first-order chi connectivity index (χ1) is 9.63. The summed E-state index contributed by atoms with van der Waals surface area (Å²) in [5, 5.41) is 10.9. The van der Waals surface area contributed by atoms with Crippen LogP contribution in [-0.4, -0.2) is 29.3 Å². The van der Waals surface area contributed by atoms with Crippen molar-refractivity contribution >= 4 is 32.7 Å². The summed E-state index contributed by atoms with van der Waals surface area (Å²) in [6.07, 6.45) is 1.99. The molecule has 0 spiro atoms. The molecule has 0 bridgehead atoms. The average molecular weight is 335 g/mol. The third kappa shape index (κ3) is 2.81. The van der Waals surface area contributed by atoms with Crippen LogP contribution in [0.5, 0.6) is 0 Å². The Morgan fingerprint density at radius 3 is 3.00 bits per heavy atom. The topological polar surface area (TPSA) is 36.4 Å². The van der Waals surface area contributed by atoms with Gasteiger partial charge in [-0.1, -0.05) is 15.9 Å². The Balaban J connectivity index is 1.88. The maximum Gasteiger partial charge on any atom is 0.129 e. The predicted octanol–water partition coefficient (Wildman–Crippen LogP) is 3.59. The lowest BCUT2D eigenvalue weighted by molar-refractivity contribution is 0.115. The summed E-state index contributed by atoms with van der Waals surface area (Å²) in [5.74, 6) is 1.37. The Bertz CT molecular complexity index is 614. The molecule has 1 aromatic heterocycles. The molecule has 0 radical (unpaired) electrons. The number of nitrogens with zero attached hydrogens (tertiary/aromatic N) is 2. The molecule has 1 saturated heterocycles. The van der Waals surface area contributed by atoms with E-state index in [-0.39, 0.29) is 6.10 Å². The van der Waals surface area contributed by atoms with E-state index in [9.17, 15) is 5.11 Å². The minimum atomic E-state index is -0.241. The highest BCUT2D eigenvalue weighted by molar-refractivity contribution is 9.10. The smallest absolute Gasteiger partial charge is 0.129 e. The molecule has 0 saturated carbocycles. The van der Waals surface area contributed by atoms with Gasteiger partial charge in [-0.2, -0.15) is 0 Å². The number of benzene rings is 1. The van der Waals surface area contributed by atoms with Crippen LogP contribution >= 0.6 is 15.9 Å². The van der Waals surface area contributed by atoms with Gasteiger partial charge in [0, 0.05) is 28.9 Å². The number of aliphatic hydroxyl groups is 1. The number of pyridine rings is 1. The summed E-state index contributed by atoms with van der Waals surface area (Å²) >= 11 is 3.49. The van der Waals surface area contributed by atoms with E-state index in [1.807, 2.05) is 19.1 Å². The molecule has 2 atom stereocenters. The minimum absolute atomic E-state index is 0.241. The van der Waals surface area contributed by atoms with E-state index in [1.54, 1.807) is 0 Å². The molecule has 1 aliphatic rings. The monoisotopic (exact) mass is 334 g/mol. The normalized spacial score (nSPS) is 21.1. The summed E-state index contributed by atoms with van der Waals surface area (Å²) in [7, 11) is 0. The highest BCUT2D eigenvalue weighted by Gasteiger charge is 2.24. The number of aliphatic hydroxyl groups excluding tert-OH is 1. The van der Waals surface area contributed by atoms with Crippen molar-refractivity contribution in [3.05, 3.63) is 34.8 Å². The van der Waals surface area contributed by atoms with Gasteiger partial charge in [0.2, 0.25) is 0 Å². The van der Waals surface area contributed by atoms with E-state index >= 15 is 0 Å². The Hall–Kier alpha value is -1.13. The van der Waals surface area contributed by atoms with Gasteiger partial charge in [0.25, 0.3) is 0 Å². The first kappa shape index (κ1) is 13.8. The summed E-state index contributed by atoms with van der Waals surface area (Å²) in [5.41, 5.74) is 1.02. The number of piperidine rings is 1. The van der Waals surface area contributed by atoms with Crippen molar-refractivity contribution in [2.45, 2.75) is 25.9 Å². The quantitative estimate of drug-likeness (QED) is 0.911. The SMILES string of the molecule is CC(O)C1CCCN(c2ccc3cc(Br)ccc3n2)C1. The van der Waals surface area contributed by atoms with Crippen molar-refractivity contribution < 1.29 is 5.11 Å². The van der Waals surface area contributed by atoms with Gasteiger partial charge >= 0.3 is 0 Å². The highest BCUT2D eigenvalue weighted by Crippen LogP contribution is 2.26. The molecule has 1 aliphatic heterocycles. The van der Waals surface area contributed by atoms with E-state index < -0.39 is 0 Å². The van der Waals surface area contributed by atoms with Gasteiger partial charge in [0.15, 0.2) is 0 Å². The highest BCUT2D eigenvalue weighted by atomic mass is 79.9. The van der Waals surface area contributed by atoms with Crippen molar-refractivity contribution in [3.8, 4) is 0 Å². The third-order valence-corrected chi connectivity index (χ3v) is 4.59. The molecule has 4 heteroatoms. The van der Waals surface area contributed by atoms with Gasteiger partial charge in [0.1, 0.15) is 5.82 Å². The Labute approximate surface area is 127 Å². The Kier molecular flexibility index (Phi) is 3.94. The zero-order valence-corrected chi connectivity index (χ0v) is 13.2. The fraction of sp³-hybridized carbons (Fsp3) is 0.438. The van der Waals surface area contributed by atoms with Crippen LogP contribution in [0.15, 0.2) is 34.8 Å². The molecule has 2 heterocycles. The van der Waals surface area contributed by atoms with Crippen LogP contribution in [0, 0.1) is 5.92 Å². The molecule has 106 valence electrons. The molecule has 1 aromatic carbocycles. The van der Waals surface area contributed by atoms with Crippen LogP contribution in [0.25, 0.3) is 10.9 Å². The fourth-order valence-electron chi connectivity index (χ4n) is 2.87. The summed E-state index contributed by atoms with van der Waals surface area (Å²) in [6.45, 7) is 3.81. The van der Waals surface area contributed by atoms with E-state index in [2.05, 4.69) is 39.0 Å². The van der Waals surface area contributed by atoms with Crippen LogP contribution in [-0.2, 0) is 0 Å².